The normalized spacial score (nSPS) is 24.7. The van der Waals surface area contributed by atoms with Crippen molar-refractivity contribution in [1.29, 1.82) is 0 Å². The van der Waals surface area contributed by atoms with Crippen molar-refractivity contribution in [2.24, 2.45) is 11.8 Å². The van der Waals surface area contributed by atoms with Crippen LogP contribution in [0.25, 0.3) is 0 Å². The molecule has 2 aliphatic heterocycles. The van der Waals surface area contributed by atoms with Crippen LogP contribution in [0.2, 0.25) is 0 Å². The first-order chi connectivity index (χ1) is 12.9. The first kappa shape index (κ1) is 18.3. The molecule has 3 fully saturated rings. The highest BCUT2D eigenvalue weighted by molar-refractivity contribution is 7.91. The van der Waals surface area contributed by atoms with E-state index in [1.807, 2.05) is 24.3 Å². The van der Waals surface area contributed by atoms with Crippen LogP contribution in [0.3, 0.4) is 0 Å². The van der Waals surface area contributed by atoms with Gasteiger partial charge in [-0.25, -0.2) is 8.42 Å². The summed E-state index contributed by atoms with van der Waals surface area (Å²) in [5.74, 6) is 0.342. The second-order valence-corrected chi connectivity index (χ2v) is 10.0. The fraction of sp³-hybridized carbons (Fsp3) is 0.579. The zero-order valence-electron chi connectivity index (χ0n) is 15.3. The van der Waals surface area contributed by atoms with E-state index < -0.39 is 9.84 Å². The summed E-state index contributed by atoms with van der Waals surface area (Å²) in [5.41, 5.74) is 1.79. The maximum absolute atomic E-state index is 12.7. The Morgan fingerprint density at radius 3 is 2.44 bits per heavy atom. The lowest BCUT2D eigenvalue weighted by Gasteiger charge is -2.29. The summed E-state index contributed by atoms with van der Waals surface area (Å²) >= 11 is 0. The van der Waals surface area contributed by atoms with Crippen molar-refractivity contribution in [1.82, 2.24) is 4.90 Å². The highest BCUT2D eigenvalue weighted by atomic mass is 32.2. The molecule has 4 rings (SSSR count). The molecule has 2 saturated heterocycles. The van der Waals surface area contributed by atoms with Crippen molar-refractivity contribution in [2.75, 3.05) is 47.9 Å². The van der Waals surface area contributed by atoms with E-state index >= 15 is 0 Å². The minimum atomic E-state index is -2.98. The lowest BCUT2D eigenvalue weighted by atomic mass is 10.1. The van der Waals surface area contributed by atoms with Crippen molar-refractivity contribution in [3.8, 4) is 0 Å². The number of carbonyl (C=O) groups excluding carboxylic acids is 2. The van der Waals surface area contributed by atoms with E-state index in [0.29, 0.717) is 19.6 Å². The lowest BCUT2D eigenvalue weighted by molar-refractivity contribution is -0.134. The van der Waals surface area contributed by atoms with Gasteiger partial charge >= 0.3 is 0 Å². The van der Waals surface area contributed by atoms with Crippen LogP contribution >= 0.6 is 0 Å². The molecule has 2 amide bonds. The van der Waals surface area contributed by atoms with Crippen LogP contribution in [0.1, 0.15) is 19.3 Å². The van der Waals surface area contributed by atoms with Crippen LogP contribution in [0.15, 0.2) is 24.3 Å². The summed E-state index contributed by atoms with van der Waals surface area (Å²) in [7, 11) is -2.98. The van der Waals surface area contributed by atoms with Crippen molar-refractivity contribution in [3.63, 3.8) is 0 Å². The fourth-order valence-corrected chi connectivity index (χ4v) is 4.96. The van der Waals surface area contributed by atoms with Crippen molar-refractivity contribution < 1.29 is 18.0 Å². The molecule has 0 bridgehead atoms. The van der Waals surface area contributed by atoms with Crippen LogP contribution in [-0.4, -0.2) is 62.8 Å². The molecule has 1 aromatic carbocycles. The monoisotopic (exact) mass is 391 g/mol. The molecule has 0 aromatic heterocycles. The number of nitrogens with one attached hydrogen (secondary N) is 1. The van der Waals surface area contributed by atoms with Crippen LogP contribution < -0.4 is 10.2 Å². The molecule has 8 heteroatoms. The van der Waals surface area contributed by atoms with Crippen molar-refractivity contribution in [2.45, 2.75) is 19.3 Å². The molecule has 1 aromatic rings. The quantitative estimate of drug-likeness (QED) is 0.831. The number of rotatable bonds is 4. The summed E-state index contributed by atoms with van der Waals surface area (Å²) in [6, 6.07) is 7.76. The van der Waals surface area contributed by atoms with E-state index in [2.05, 4.69) is 10.2 Å². The number of carbonyl (C=O) groups is 2. The van der Waals surface area contributed by atoms with Crippen LogP contribution in [0, 0.1) is 11.8 Å². The van der Waals surface area contributed by atoms with Gasteiger partial charge in [0, 0.05) is 43.5 Å². The van der Waals surface area contributed by atoms with E-state index in [4.69, 9.17) is 0 Å². The van der Waals surface area contributed by atoms with Crippen LogP contribution in [0.5, 0.6) is 0 Å². The maximum Gasteiger partial charge on any atom is 0.227 e. The number of amides is 2. The predicted octanol–water partition coefficient (Wildman–Crippen LogP) is 1.12. The highest BCUT2D eigenvalue weighted by Crippen LogP contribution is 2.31. The Hall–Kier alpha value is -2.09. The summed E-state index contributed by atoms with van der Waals surface area (Å²) in [6.45, 7) is 2.02. The maximum atomic E-state index is 12.7. The molecule has 146 valence electrons. The second kappa shape index (κ2) is 7.14. The highest BCUT2D eigenvalue weighted by Gasteiger charge is 2.34. The van der Waals surface area contributed by atoms with E-state index in [-0.39, 0.29) is 35.2 Å². The molecular weight excluding hydrogens is 366 g/mol. The fourth-order valence-electron chi connectivity index (χ4n) is 3.76. The Balaban J connectivity index is 1.36. The molecule has 1 aliphatic carbocycles. The third-order valence-electron chi connectivity index (χ3n) is 5.62. The summed E-state index contributed by atoms with van der Waals surface area (Å²) in [4.78, 5) is 28.5. The molecule has 2 heterocycles. The number of benzene rings is 1. The Morgan fingerprint density at radius 1 is 1.00 bits per heavy atom. The Bertz CT molecular complexity index is 836. The van der Waals surface area contributed by atoms with Gasteiger partial charge in [-0.05, 0) is 37.5 Å². The number of hydrogen-bond donors (Lipinski definition) is 1. The lowest BCUT2D eigenvalue weighted by Crippen LogP contribution is -2.46. The van der Waals surface area contributed by atoms with Gasteiger partial charge in [-0.15, -0.1) is 0 Å². The third kappa shape index (κ3) is 4.26. The summed E-state index contributed by atoms with van der Waals surface area (Å²) in [6.07, 6.45) is 2.71. The predicted molar refractivity (Wildman–Crippen MR) is 103 cm³/mol. The number of hydrogen-bond acceptors (Lipinski definition) is 5. The molecule has 0 spiro atoms. The van der Waals surface area contributed by atoms with Crippen molar-refractivity contribution >= 4 is 33.0 Å². The summed E-state index contributed by atoms with van der Waals surface area (Å²) < 4.78 is 23.1. The van der Waals surface area contributed by atoms with Crippen molar-refractivity contribution in [3.05, 3.63) is 24.3 Å². The average molecular weight is 391 g/mol. The Morgan fingerprint density at radius 2 is 1.74 bits per heavy atom. The standard InChI is InChI=1S/C19H25N3O4S/c23-18(14-4-5-14)20-16-2-1-3-17(12-16)22-7-6-15(13-22)19(24)21-8-10-27(25,26)11-9-21/h1-3,12,14-15H,4-11,13H2,(H,20,23). The average Bonchev–Trinajstić information content (AvgIpc) is 3.38. The zero-order valence-corrected chi connectivity index (χ0v) is 16.1. The van der Waals surface area contributed by atoms with Gasteiger partial charge in [0.2, 0.25) is 11.8 Å². The first-order valence-electron chi connectivity index (χ1n) is 9.56. The van der Waals surface area contributed by atoms with Gasteiger partial charge in [0.1, 0.15) is 0 Å². The molecule has 1 unspecified atom stereocenters. The Labute approximate surface area is 159 Å². The molecule has 1 N–H and O–H groups in total. The largest absolute Gasteiger partial charge is 0.371 e. The smallest absolute Gasteiger partial charge is 0.227 e. The number of nitrogens with zero attached hydrogens (tertiary/aromatic N) is 2. The van der Waals surface area contributed by atoms with Crippen LogP contribution in [0.4, 0.5) is 11.4 Å². The van der Waals surface area contributed by atoms with Gasteiger partial charge < -0.3 is 15.1 Å². The molecule has 3 aliphatic rings. The minimum absolute atomic E-state index is 0.0607. The van der Waals surface area contributed by atoms with E-state index in [0.717, 1.165) is 37.2 Å². The van der Waals surface area contributed by atoms with Gasteiger partial charge in [0.05, 0.1) is 17.4 Å². The molecule has 7 nitrogen and oxygen atoms in total. The number of sulfone groups is 1. The molecular formula is C19H25N3O4S. The molecule has 0 radical (unpaired) electrons. The van der Waals surface area contributed by atoms with Gasteiger partial charge in [-0.1, -0.05) is 6.07 Å². The molecule has 27 heavy (non-hydrogen) atoms. The van der Waals surface area contributed by atoms with Crippen LogP contribution in [-0.2, 0) is 19.4 Å². The molecule has 1 atom stereocenters. The zero-order chi connectivity index (χ0) is 19.0. The van der Waals surface area contributed by atoms with Gasteiger partial charge in [-0.2, -0.15) is 0 Å². The van der Waals surface area contributed by atoms with Gasteiger partial charge in [-0.3, -0.25) is 9.59 Å². The van der Waals surface area contributed by atoms with Gasteiger partial charge in [0.15, 0.2) is 9.84 Å². The first-order valence-corrected chi connectivity index (χ1v) is 11.4. The van der Waals surface area contributed by atoms with E-state index in [9.17, 15) is 18.0 Å². The van der Waals surface area contributed by atoms with Gasteiger partial charge in [0.25, 0.3) is 0 Å². The second-order valence-electron chi connectivity index (χ2n) is 7.72. The summed E-state index contributed by atoms with van der Waals surface area (Å²) in [5, 5.41) is 2.96. The third-order valence-corrected chi connectivity index (χ3v) is 7.23. The molecule has 1 saturated carbocycles. The Kier molecular flexibility index (Phi) is 4.84. The van der Waals surface area contributed by atoms with E-state index in [1.165, 1.54) is 0 Å². The minimum Gasteiger partial charge on any atom is -0.371 e. The topological polar surface area (TPSA) is 86.8 Å². The number of anilines is 2. The van der Waals surface area contributed by atoms with E-state index in [1.54, 1.807) is 4.90 Å². The SMILES string of the molecule is O=C(Nc1cccc(N2CCC(C(=O)N3CCS(=O)(=O)CC3)C2)c1)C1CC1.